The van der Waals surface area contributed by atoms with Crippen molar-refractivity contribution in [2.75, 3.05) is 26.2 Å². The summed E-state index contributed by atoms with van der Waals surface area (Å²) >= 11 is 0. The van der Waals surface area contributed by atoms with E-state index in [2.05, 4.69) is 16.6 Å². The molecule has 1 rings (SSSR count). The Morgan fingerprint density at radius 1 is 1.50 bits per heavy atom. The van der Waals surface area contributed by atoms with Gasteiger partial charge in [-0.05, 0) is 6.07 Å². The molecule has 0 atom stereocenters. The highest BCUT2D eigenvalue weighted by molar-refractivity contribution is 4.78. The number of aliphatic hydroxyl groups excluding tert-OH is 1. The Hall–Kier alpha value is -1.13. The van der Waals surface area contributed by atoms with Crippen molar-refractivity contribution in [2.45, 2.75) is 6.54 Å². The number of hydrogen-bond donors (Lipinski definition) is 1. The van der Waals surface area contributed by atoms with Crippen molar-refractivity contribution in [1.82, 2.24) is 14.7 Å². The molecule has 1 N–H and O–H groups in total. The fourth-order valence-electron chi connectivity index (χ4n) is 1.29. The molecular weight excluding hydrogens is 178 g/mol. The summed E-state index contributed by atoms with van der Waals surface area (Å²) in [4.78, 5) is 2.13. The van der Waals surface area contributed by atoms with E-state index in [-0.39, 0.29) is 6.61 Å². The lowest BCUT2D eigenvalue weighted by atomic mass is 10.4. The van der Waals surface area contributed by atoms with Gasteiger partial charge < -0.3 is 5.11 Å². The third kappa shape index (κ3) is 3.72. The number of aliphatic hydroxyl groups is 1. The molecule has 0 unspecified atom stereocenters. The molecule has 0 saturated carbocycles. The van der Waals surface area contributed by atoms with Crippen LogP contribution < -0.4 is 0 Å². The van der Waals surface area contributed by atoms with Gasteiger partial charge in [0, 0.05) is 32.0 Å². The van der Waals surface area contributed by atoms with Crippen LogP contribution in [0.25, 0.3) is 0 Å². The molecule has 0 amide bonds. The summed E-state index contributed by atoms with van der Waals surface area (Å²) in [5, 5.41) is 12.9. The lowest BCUT2D eigenvalue weighted by Gasteiger charge is -2.18. The first kappa shape index (κ1) is 10.9. The maximum atomic E-state index is 8.82. The fraction of sp³-hybridized carbons (Fsp3) is 0.500. The Bertz CT molecular complexity index is 246. The van der Waals surface area contributed by atoms with Gasteiger partial charge in [0.2, 0.25) is 0 Å². The molecule has 0 aliphatic rings. The van der Waals surface area contributed by atoms with Gasteiger partial charge >= 0.3 is 0 Å². The Kier molecular flexibility index (Phi) is 4.96. The molecule has 14 heavy (non-hydrogen) atoms. The predicted octanol–water partition coefficient (Wildman–Crippen LogP) is 0.363. The smallest absolute Gasteiger partial charge is 0.0558 e. The lowest BCUT2D eigenvalue weighted by molar-refractivity contribution is 0.202. The minimum Gasteiger partial charge on any atom is -0.395 e. The van der Waals surface area contributed by atoms with E-state index in [1.165, 1.54) is 0 Å². The molecule has 0 spiro atoms. The van der Waals surface area contributed by atoms with Crippen molar-refractivity contribution >= 4 is 0 Å². The van der Waals surface area contributed by atoms with Gasteiger partial charge in [-0.3, -0.25) is 9.58 Å². The van der Waals surface area contributed by atoms with E-state index in [9.17, 15) is 0 Å². The highest BCUT2D eigenvalue weighted by Gasteiger charge is 2.01. The first-order valence-corrected chi connectivity index (χ1v) is 4.78. The van der Waals surface area contributed by atoms with Gasteiger partial charge in [0.15, 0.2) is 0 Å². The average molecular weight is 195 g/mol. The molecule has 1 aromatic heterocycles. The second kappa shape index (κ2) is 6.34. The van der Waals surface area contributed by atoms with E-state index in [1.54, 1.807) is 6.20 Å². The first-order valence-electron chi connectivity index (χ1n) is 4.78. The van der Waals surface area contributed by atoms with Gasteiger partial charge in [-0.25, -0.2) is 0 Å². The number of rotatable bonds is 7. The second-order valence-electron chi connectivity index (χ2n) is 3.08. The molecule has 0 fully saturated rings. The van der Waals surface area contributed by atoms with Crippen LogP contribution in [-0.2, 0) is 6.54 Å². The molecule has 4 nitrogen and oxygen atoms in total. The van der Waals surface area contributed by atoms with Gasteiger partial charge in [0.25, 0.3) is 0 Å². The Morgan fingerprint density at radius 2 is 2.36 bits per heavy atom. The average Bonchev–Trinajstić information content (AvgIpc) is 2.67. The summed E-state index contributed by atoms with van der Waals surface area (Å²) in [6.07, 6.45) is 5.55. The molecule has 0 aromatic carbocycles. The number of hydrogen-bond acceptors (Lipinski definition) is 3. The van der Waals surface area contributed by atoms with E-state index in [0.29, 0.717) is 6.54 Å². The maximum Gasteiger partial charge on any atom is 0.0558 e. The number of nitrogens with zero attached hydrogens (tertiary/aromatic N) is 3. The maximum absolute atomic E-state index is 8.82. The third-order valence-corrected chi connectivity index (χ3v) is 2.01. The largest absolute Gasteiger partial charge is 0.395 e. The Balaban J connectivity index is 2.28. The minimum atomic E-state index is 0.187. The van der Waals surface area contributed by atoms with E-state index >= 15 is 0 Å². The number of aromatic nitrogens is 2. The van der Waals surface area contributed by atoms with E-state index in [4.69, 9.17) is 5.11 Å². The van der Waals surface area contributed by atoms with Gasteiger partial charge in [-0.2, -0.15) is 5.10 Å². The first-order chi connectivity index (χ1) is 6.86. The zero-order valence-corrected chi connectivity index (χ0v) is 8.34. The zero-order chi connectivity index (χ0) is 10.2. The summed E-state index contributed by atoms with van der Waals surface area (Å²) in [6, 6.07) is 1.91. The van der Waals surface area contributed by atoms with Crippen molar-refractivity contribution in [3.8, 4) is 0 Å². The van der Waals surface area contributed by atoms with Crippen molar-refractivity contribution in [3.05, 3.63) is 31.1 Å². The van der Waals surface area contributed by atoms with Crippen LogP contribution in [0.4, 0.5) is 0 Å². The molecule has 0 aliphatic carbocycles. The standard InChI is InChI=1S/C10H17N3O/c1-2-5-12(9-10-14)7-8-13-6-3-4-11-13/h2-4,6,14H,1,5,7-10H2. The van der Waals surface area contributed by atoms with E-state index in [0.717, 1.165) is 19.6 Å². The molecule has 0 aliphatic heterocycles. The summed E-state index contributed by atoms with van der Waals surface area (Å²) < 4.78 is 1.88. The predicted molar refractivity (Wildman–Crippen MR) is 55.9 cm³/mol. The summed E-state index contributed by atoms with van der Waals surface area (Å²) in [5.41, 5.74) is 0. The van der Waals surface area contributed by atoms with Crippen LogP contribution in [0.1, 0.15) is 0 Å². The fourth-order valence-corrected chi connectivity index (χ4v) is 1.29. The van der Waals surface area contributed by atoms with Crippen LogP contribution in [0.5, 0.6) is 0 Å². The summed E-state index contributed by atoms with van der Waals surface area (Å²) in [7, 11) is 0. The van der Waals surface area contributed by atoms with Gasteiger partial charge in [-0.1, -0.05) is 6.08 Å². The normalized spacial score (nSPS) is 10.7. The van der Waals surface area contributed by atoms with Crippen molar-refractivity contribution in [3.63, 3.8) is 0 Å². The van der Waals surface area contributed by atoms with Crippen LogP contribution >= 0.6 is 0 Å². The van der Waals surface area contributed by atoms with E-state index in [1.807, 2.05) is 23.0 Å². The topological polar surface area (TPSA) is 41.3 Å². The highest BCUT2D eigenvalue weighted by atomic mass is 16.3. The van der Waals surface area contributed by atoms with Gasteiger partial charge in [0.1, 0.15) is 0 Å². The minimum absolute atomic E-state index is 0.187. The van der Waals surface area contributed by atoms with Crippen LogP contribution in [-0.4, -0.2) is 46.0 Å². The summed E-state index contributed by atoms with van der Waals surface area (Å²) in [5.74, 6) is 0. The molecule has 78 valence electrons. The molecule has 0 bridgehead atoms. The molecule has 4 heteroatoms. The molecular formula is C10H17N3O. The van der Waals surface area contributed by atoms with Crippen LogP contribution in [0.3, 0.4) is 0 Å². The monoisotopic (exact) mass is 195 g/mol. The van der Waals surface area contributed by atoms with Gasteiger partial charge in [0.05, 0.1) is 13.2 Å². The Morgan fingerprint density at radius 3 is 2.93 bits per heavy atom. The SMILES string of the molecule is C=CCN(CCO)CCn1cccn1. The quantitative estimate of drug-likeness (QED) is 0.639. The van der Waals surface area contributed by atoms with Crippen LogP contribution in [0, 0.1) is 0 Å². The van der Waals surface area contributed by atoms with Crippen LogP contribution in [0.2, 0.25) is 0 Å². The molecule has 1 aromatic rings. The van der Waals surface area contributed by atoms with Crippen molar-refractivity contribution < 1.29 is 5.11 Å². The van der Waals surface area contributed by atoms with Gasteiger partial charge in [-0.15, -0.1) is 6.58 Å². The molecule has 0 radical (unpaired) electrons. The van der Waals surface area contributed by atoms with Crippen LogP contribution in [0.15, 0.2) is 31.1 Å². The lowest BCUT2D eigenvalue weighted by Crippen LogP contribution is -2.30. The zero-order valence-electron chi connectivity index (χ0n) is 8.34. The third-order valence-electron chi connectivity index (χ3n) is 2.01. The van der Waals surface area contributed by atoms with E-state index < -0.39 is 0 Å². The molecule has 0 saturated heterocycles. The summed E-state index contributed by atoms with van der Waals surface area (Å²) in [6.45, 7) is 7.10. The Labute approximate surface area is 84.5 Å². The molecule has 1 heterocycles. The van der Waals surface area contributed by atoms with Crippen molar-refractivity contribution in [2.24, 2.45) is 0 Å². The van der Waals surface area contributed by atoms with Crippen molar-refractivity contribution in [1.29, 1.82) is 0 Å². The second-order valence-corrected chi connectivity index (χ2v) is 3.08. The highest BCUT2D eigenvalue weighted by Crippen LogP contribution is 1.91.